The summed E-state index contributed by atoms with van der Waals surface area (Å²) in [7, 11) is 0. The Morgan fingerprint density at radius 1 is 1.59 bits per heavy atom. The molecule has 1 aromatic heterocycles. The van der Waals surface area contributed by atoms with Crippen LogP contribution in [-0.2, 0) is 4.74 Å². The summed E-state index contributed by atoms with van der Waals surface area (Å²) in [5.74, 6) is -1.02. The number of ether oxygens (including phenoxy) is 1. The van der Waals surface area contributed by atoms with E-state index in [-0.39, 0.29) is 18.1 Å². The van der Waals surface area contributed by atoms with Crippen molar-refractivity contribution in [3.8, 4) is 0 Å². The van der Waals surface area contributed by atoms with E-state index < -0.39 is 12.1 Å². The fourth-order valence-corrected chi connectivity index (χ4v) is 1.09. The highest BCUT2D eigenvalue weighted by Gasteiger charge is 2.11. The first kappa shape index (κ1) is 12.7. The van der Waals surface area contributed by atoms with Crippen molar-refractivity contribution in [3.63, 3.8) is 0 Å². The Morgan fingerprint density at radius 2 is 2.29 bits per heavy atom. The standard InChI is InChI=1S/C11H12N2O4/c1-3-6-17-11(16)13-8-5-4-7(2)9(12-8)10(14)15/h3-5H,1,6H2,2H3,(H,14,15)(H,12,13,16). The number of aryl methyl sites for hydroxylation is 1. The number of amides is 1. The SMILES string of the molecule is C=CCOC(=O)Nc1ccc(C)c(C(=O)O)n1. The largest absolute Gasteiger partial charge is 0.477 e. The van der Waals surface area contributed by atoms with Crippen molar-refractivity contribution >= 4 is 17.9 Å². The molecule has 0 aliphatic carbocycles. The highest BCUT2D eigenvalue weighted by Crippen LogP contribution is 2.10. The van der Waals surface area contributed by atoms with Gasteiger partial charge in [-0.2, -0.15) is 0 Å². The molecular weight excluding hydrogens is 224 g/mol. The van der Waals surface area contributed by atoms with Gasteiger partial charge in [0.25, 0.3) is 0 Å². The molecule has 6 heteroatoms. The quantitative estimate of drug-likeness (QED) is 0.778. The summed E-state index contributed by atoms with van der Waals surface area (Å²) >= 11 is 0. The lowest BCUT2D eigenvalue weighted by atomic mass is 10.2. The van der Waals surface area contributed by atoms with E-state index in [1.54, 1.807) is 13.0 Å². The third-order valence-corrected chi connectivity index (χ3v) is 1.86. The summed E-state index contributed by atoms with van der Waals surface area (Å²) in [6.07, 6.45) is 0.711. The summed E-state index contributed by atoms with van der Waals surface area (Å²) in [5.41, 5.74) is 0.411. The van der Waals surface area contributed by atoms with Gasteiger partial charge in [0, 0.05) is 0 Å². The minimum atomic E-state index is -1.15. The number of aromatic carboxylic acids is 1. The second-order valence-corrected chi connectivity index (χ2v) is 3.18. The van der Waals surface area contributed by atoms with Crippen LogP contribution in [0, 0.1) is 6.92 Å². The molecular formula is C11H12N2O4. The number of rotatable bonds is 4. The smallest absolute Gasteiger partial charge is 0.413 e. The molecule has 17 heavy (non-hydrogen) atoms. The van der Waals surface area contributed by atoms with Crippen LogP contribution in [0.2, 0.25) is 0 Å². The van der Waals surface area contributed by atoms with E-state index in [0.717, 1.165) is 0 Å². The Balaban J connectivity index is 2.79. The molecule has 0 bridgehead atoms. The average Bonchev–Trinajstić information content (AvgIpc) is 2.28. The molecule has 0 saturated carbocycles. The summed E-state index contributed by atoms with van der Waals surface area (Å²) in [6.45, 7) is 5.08. The molecule has 90 valence electrons. The van der Waals surface area contributed by atoms with E-state index in [2.05, 4.69) is 21.6 Å². The number of nitrogens with zero attached hydrogens (tertiary/aromatic N) is 1. The number of carbonyl (C=O) groups is 2. The molecule has 6 nitrogen and oxygen atoms in total. The number of pyridine rings is 1. The first-order valence-electron chi connectivity index (χ1n) is 4.80. The lowest BCUT2D eigenvalue weighted by molar-refractivity contribution is 0.0689. The van der Waals surface area contributed by atoms with Crippen molar-refractivity contribution in [2.75, 3.05) is 11.9 Å². The average molecular weight is 236 g/mol. The molecule has 0 radical (unpaired) electrons. The highest BCUT2D eigenvalue weighted by molar-refractivity contribution is 5.89. The highest BCUT2D eigenvalue weighted by atomic mass is 16.5. The Labute approximate surface area is 97.9 Å². The number of anilines is 1. The van der Waals surface area contributed by atoms with Crippen LogP contribution in [-0.4, -0.2) is 28.8 Å². The van der Waals surface area contributed by atoms with Crippen LogP contribution < -0.4 is 5.32 Å². The van der Waals surface area contributed by atoms with Gasteiger partial charge in [0.05, 0.1) is 0 Å². The van der Waals surface area contributed by atoms with Crippen molar-refractivity contribution in [2.45, 2.75) is 6.92 Å². The summed E-state index contributed by atoms with van der Waals surface area (Å²) in [5, 5.41) is 11.2. The molecule has 0 aromatic carbocycles. The maximum Gasteiger partial charge on any atom is 0.413 e. The first-order valence-corrected chi connectivity index (χ1v) is 4.80. The van der Waals surface area contributed by atoms with Gasteiger partial charge in [0.1, 0.15) is 12.4 Å². The second-order valence-electron chi connectivity index (χ2n) is 3.18. The molecule has 1 aromatic rings. The van der Waals surface area contributed by atoms with Gasteiger partial charge in [-0.05, 0) is 18.6 Å². The lowest BCUT2D eigenvalue weighted by Gasteiger charge is -2.06. The van der Waals surface area contributed by atoms with Gasteiger partial charge in [0.15, 0.2) is 5.69 Å². The number of aromatic nitrogens is 1. The Kier molecular flexibility index (Phi) is 4.21. The van der Waals surface area contributed by atoms with Crippen molar-refractivity contribution < 1.29 is 19.4 Å². The van der Waals surface area contributed by atoms with E-state index in [1.165, 1.54) is 12.1 Å². The van der Waals surface area contributed by atoms with Crippen LogP contribution >= 0.6 is 0 Å². The van der Waals surface area contributed by atoms with Gasteiger partial charge >= 0.3 is 12.1 Å². The molecule has 2 N–H and O–H groups in total. The van der Waals surface area contributed by atoms with Gasteiger partial charge in [-0.3, -0.25) is 5.32 Å². The number of nitrogens with one attached hydrogen (secondary N) is 1. The molecule has 1 amide bonds. The van der Waals surface area contributed by atoms with E-state index in [9.17, 15) is 9.59 Å². The topological polar surface area (TPSA) is 88.5 Å². The third-order valence-electron chi connectivity index (χ3n) is 1.86. The second kappa shape index (κ2) is 5.64. The zero-order valence-corrected chi connectivity index (χ0v) is 9.27. The van der Waals surface area contributed by atoms with Gasteiger partial charge in [-0.1, -0.05) is 18.7 Å². The van der Waals surface area contributed by atoms with Crippen LogP contribution in [0.5, 0.6) is 0 Å². The Morgan fingerprint density at radius 3 is 2.88 bits per heavy atom. The summed E-state index contributed by atoms with van der Waals surface area (Å²) < 4.78 is 4.67. The molecule has 0 fully saturated rings. The molecule has 0 aliphatic heterocycles. The maximum atomic E-state index is 11.2. The van der Waals surface area contributed by atoms with Gasteiger partial charge in [-0.25, -0.2) is 14.6 Å². The fourth-order valence-electron chi connectivity index (χ4n) is 1.09. The Bertz CT molecular complexity index is 457. The van der Waals surface area contributed by atoms with Crippen LogP contribution in [0.3, 0.4) is 0 Å². The number of hydrogen-bond acceptors (Lipinski definition) is 4. The number of carbonyl (C=O) groups excluding carboxylic acids is 1. The molecule has 0 spiro atoms. The van der Waals surface area contributed by atoms with E-state index >= 15 is 0 Å². The van der Waals surface area contributed by atoms with Crippen LogP contribution in [0.4, 0.5) is 10.6 Å². The molecule has 0 atom stereocenters. The number of hydrogen-bond donors (Lipinski definition) is 2. The van der Waals surface area contributed by atoms with E-state index in [0.29, 0.717) is 5.56 Å². The van der Waals surface area contributed by atoms with Crippen molar-refractivity contribution in [1.29, 1.82) is 0 Å². The zero-order valence-electron chi connectivity index (χ0n) is 9.27. The summed E-state index contributed by atoms with van der Waals surface area (Å²) in [4.78, 5) is 25.8. The van der Waals surface area contributed by atoms with Crippen LogP contribution in [0.1, 0.15) is 16.1 Å². The lowest BCUT2D eigenvalue weighted by Crippen LogP contribution is -2.16. The third kappa shape index (κ3) is 3.60. The molecule has 1 rings (SSSR count). The van der Waals surface area contributed by atoms with Crippen LogP contribution in [0.15, 0.2) is 24.8 Å². The monoisotopic (exact) mass is 236 g/mol. The van der Waals surface area contributed by atoms with Crippen LogP contribution in [0.25, 0.3) is 0 Å². The van der Waals surface area contributed by atoms with E-state index in [4.69, 9.17) is 5.11 Å². The predicted molar refractivity (Wildman–Crippen MR) is 61.1 cm³/mol. The van der Waals surface area contributed by atoms with Gasteiger partial charge < -0.3 is 9.84 Å². The molecule has 0 unspecified atom stereocenters. The van der Waals surface area contributed by atoms with Crippen molar-refractivity contribution in [3.05, 3.63) is 36.0 Å². The minimum Gasteiger partial charge on any atom is -0.477 e. The van der Waals surface area contributed by atoms with Gasteiger partial charge in [0.2, 0.25) is 0 Å². The van der Waals surface area contributed by atoms with Crippen molar-refractivity contribution in [2.24, 2.45) is 0 Å². The predicted octanol–water partition coefficient (Wildman–Crippen LogP) is 1.82. The van der Waals surface area contributed by atoms with Gasteiger partial charge in [-0.15, -0.1) is 0 Å². The Hall–Kier alpha value is -2.37. The number of carboxylic acid groups (broad SMARTS) is 1. The normalized spacial score (nSPS) is 9.47. The summed E-state index contributed by atoms with van der Waals surface area (Å²) in [6, 6.07) is 3.05. The maximum absolute atomic E-state index is 11.2. The zero-order chi connectivity index (χ0) is 12.8. The van der Waals surface area contributed by atoms with Crippen molar-refractivity contribution in [1.82, 2.24) is 4.98 Å². The molecule has 0 aliphatic rings. The molecule has 0 saturated heterocycles. The first-order chi connectivity index (χ1) is 8.04. The number of carboxylic acids is 1. The van der Waals surface area contributed by atoms with E-state index in [1.807, 2.05) is 0 Å². The molecule has 1 heterocycles. The fraction of sp³-hybridized carbons (Fsp3) is 0.182. The minimum absolute atomic E-state index is 0.0729.